The van der Waals surface area contributed by atoms with E-state index in [4.69, 9.17) is 5.11 Å². The highest BCUT2D eigenvalue weighted by Gasteiger charge is 2.09. The summed E-state index contributed by atoms with van der Waals surface area (Å²) in [6, 6.07) is 4.82. The molecule has 1 N–H and O–H groups in total. The number of halogens is 2. The standard InChI is InChI=1S/C10H7BrFNOS/c11-6-1-2-7(8(12)3-6)9-5-15-10(4-14)13-9/h1-3,5,14H,4H2. The first kappa shape index (κ1) is 10.7. The minimum atomic E-state index is -0.320. The third-order valence-corrected chi connectivity index (χ3v) is 3.22. The number of aliphatic hydroxyl groups excluding tert-OH is 1. The number of thiazole rings is 1. The van der Waals surface area contributed by atoms with Gasteiger partial charge in [0, 0.05) is 15.4 Å². The second-order valence-electron chi connectivity index (χ2n) is 2.91. The van der Waals surface area contributed by atoms with Gasteiger partial charge in [0.2, 0.25) is 0 Å². The van der Waals surface area contributed by atoms with Crippen LogP contribution in [0.2, 0.25) is 0 Å². The van der Waals surface area contributed by atoms with E-state index in [0.717, 1.165) is 0 Å². The van der Waals surface area contributed by atoms with Crippen LogP contribution in [0.15, 0.2) is 28.1 Å². The summed E-state index contributed by atoms with van der Waals surface area (Å²) in [5, 5.41) is 11.2. The first-order chi connectivity index (χ1) is 7.20. The lowest BCUT2D eigenvalue weighted by Gasteiger charge is -1.99. The summed E-state index contributed by atoms with van der Waals surface area (Å²) < 4.78 is 14.2. The van der Waals surface area contributed by atoms with Crippen LogP contribution < -0.4 is 0 Å². The van der Waals surface area contributed by atoms with Gasteiger partial charge in [-0.25, -0.2) is 9.37 Å². The molecule has 0 fully saturated rings. The molecule has 15 heavy (non-hydrogen) atoms. The third-order valence-electron chi connectivity index (χ3n) is 1.89. The van der Waals surface area contributed by atoms with E-state index in [1.54, 1.807) is 17.5 Å². The molecule has 0 saturated carbocycles. The maximum absolute atomic E-state index is 13.5. The smallest absolute Gasteiger partial charge is 0.133 e. The van der Waals surface area contributed by atoms with Crippen molar-refractivity contribution in [2.45, 2.75) is 6.61 Å². The van der Waals surface area contributed by atoms with Crippen LogP contribution in [0.25, 0.3) is 11.3 Å². The maximum atomic E-state index is 13.5. The summed E-state index contributed by atoms with van der Waals surface area (Å²) in [4.78, 5) is 4.10. The molecule has 1 aromatic carbocycles. The predicted molar refractivity (Wildman–Crippen MR) is 61.1 cm³/mol. The number of hydrogen-bond donors (Lipinski definition) is 1. The Bertz CT molecular complexity index is 486. The van der Waals surface area contributed by atoms with Gasteiger partial charge in [-0.2, -0.15) is 0 Å². The lowest BCUT2D eigenvalue weighted by atomic mass is 10.2. The highest BCUT2D eigenvalue weighted by molar-refractivity contribution is 9.10. The second-order valence-corrected chi connectivity index (χ2v) is 4.77. The molecule has 0 radical (unpaired) electrons. The van der Waals surface area contributed by atoms with Crippen molar-refractivity contribution in [3.8, 4) is 11.3 Å². The van der Waals surface area contributed by atoms with Crippen molar-refractivity contribution in [3.63, 3.8) is 0 Å². The average molecular weight is 288 g/mol. The van der Waals surface area contributed by atoms with E-state index in [2.05, 4.69) is 20.9 Å². The van der Waals surface area contributed by atoms with E-state index in [-0.39, 0.29) is 12.4 Å². The lowest BCUT2D eigenvalue weighted by molar-refractivity contribution is 0.281. The minimum absolute atomic E-state index is 0.108. The monoisotopic (exact) mass is 287 g/mol. The van der Waals surface area contributed by atoms with Crippen molar-refractivity contribution < 1.29 is 9.50 Å². The van der Waals surface area contributed by atoms with Gasteiger partial charge in [-0.15, -0.1) is 11.3 Å². The Kier molecular flexibility index (Phi) is 3.14. The van der Waals surface area contributed by atoms with Crippen LogP contribution in [0, 0.1) is 5.82 Å². The van der Waals surface area contributed by atoms with Crippen LogP contribution in [0.3, 0.4) is 0 Å². The van der Waals surface area contributed by atoms with Gasteiger partial charge < -0.3 is 5.11 Å². The van der Waals surface area contributed by atoms with E-state index >= 15 is 0 Å². The van der Waals surface area contributed by atoms with E-state index in [1.165, 1.54) is 17.4 Å². The zero-order valence-electron chi connectivity index (χ0n) is 7.58. The first-order valence-electron chi connectivity index (χ1n) is 4.21. The summed E-state index contributed by atoms with van der Waals surface area (Å²) in [6.07, 6.45) is 0. The van der Waals surface area contributed by atoms with Gasteiger partial charge in [0.15, 0.2) is 0 Å². The Morgan fingerprint density at radius 1 is 1.47 bits per heavy atom. The number of aliphatic hydroxyl groups is 1. The molecule has 2 aromatic rings. The largest absolute Gasteiger partial charge is 0.389 e. The van der Waals surface area contributed by atoms with Crippen LogP contribution in [0.4, 0.5) is 4.39 Å². The van der Waals surface area contributed by atoms with Crippen molar-refractivity contribution in [2.24, 2.45) is 0 Å². The molecule has 0 atom stereocenters. The van der Waals surface area contributed by atoms with Gasteiger partial charge in [-0.3, -0.25) is 0 Å². The van der Waals surface area contributed by atoms with Gasteiger partial charge in [0.25, 0.3) is 0 Å². The lowest BCUT2D eigenvalue weighted by Crippen LogP contribution is -1.86. The fourth-order valence-electron chi connectivity index (χ4n) is 1.20. The Balaban J connectivity index is 2.44. The Morgan fingerprint density at radius 3 is 2.87 bits per heavy atom. The number of benzene rings is 1. The number of nitrogens with zero attached hydrogens (tertiary/aromatic N) is 1. The fourth-order valence-corrected chi connectivity index (χ4v) is 2.19. The Morgan fingerprint density at radius 2 is 2.27 bits per heavy atom. The molecule has 0 spiro atoms. The summed E-state index contributed by atoms with van der Waals surface area (Å²) in [5.74, 6) is -0.320. The molecule has 5 heteroatoms. The Hall–Kier alpha value is -0.780. The molecule has 2 nitrogen and oxygen atoms in total. The molecular formula is C10H7BrFNOS. The summed E-state index contributed by atoms with van der Waals surface area (Å²) >= 11 is 4.51. The van der Waals surface area contributed by atoms with Gasteiger partial charge in [0.05, 0.1) is 12.3 Å². The van der Waals surface area contributed by atoms with Crippen LogP contribution in [-0.4, -0.2) is 10.1 Å². The normalized spacial score (nSPS) is 10.6. The van der Waals surface area contributed by atoms with Crippen molar-refractivity contribution in [1.29, 1.82) is 0 Å². The minimum Gasteiger partial charge on any atom is -0.389 e. The molecule has 2 rings (SSSR count). The van der Waals surface area contributed by atoms with E-state index in [0.29, 0.717) is 20.7 Å². The van der Waals surface area contributed by atoms with Crippen LogP contribution in [-0.2, 0) is 6.61 Å². The molecule has 0 bridgehead atoms. The van der Waals surface area contributed by atoms with Crippen molar-refractivity contribution in [2.75, 3.05) is 0 Å². The average Bonchev–Trinajstić information content (AvgIpc) is 2.66. The topological polar surface area (TPSA) is 33.1 Å². The highest BCUT2D eigenvalue weighted by atomic mass is 79.9. The van der Waals surface area contributed by atoms with Crippen molar-refractivity contribution in [1.82, 2.24) is 4.98 Å². The van der Waals surface area contributed by atoms with E-state index in [9.17, 15) is 4.39 Å². The van der Waals surface area contributed by atoms with Gasteiger partial charge in [0.1, 0.15) is 10.8 Å². The SMILES string of the molecule is OCc1nc(-c2ccc(Br)cc2F)cs1. The molecule has 0 saturated heterocycles. The molecule has 0 aliphatic rings. The summed E-state index contributed by atoms with van der Waals surface area (Å²) in [7, 11) is 0. The van der Waals surface area contributed by atoms with E-state index in [1.807, 2.05) is 0 Å². The van der Waals surface area contributed by atoms with Crippen LogP contribution in [0.5, 0.6) is 0 Å². The Labute approximate surface area is 98.5 Å². The third kappa shape index (κ3) is 2.25. The summed E-state index contributed by atoms with van der Waals surface area (Å²) in [6.45, 7) is -0.108. The van der Waals surface area contributed by atoms with Crippen molar-refractivity contribution >= 4 is 27.3 Å². The van der Waals surface area contributed by atoms with Crippen molar-refractivity contribution in [3.05, 3.63) is 38.9 Å². The summed E-state index contributed by atoms with van der Waals surface area (Å²) in [5.41, 5.74) is 1.02. The first-order valence-corrected chi connectivity index (χ1v) is 5.88. The molecule has 0 unspecified atom stereocenters. The van der Waals surface area contributed by atoms with Crippen LogP contribution in [0.1, 0.15) is 5.01 Å². The molecule has 0 aliphatic heterocycles. The van der Waals surface area contributed by atoms with E-state index < -0.39 is 0 Å². The van der Waals surface area contributed by atoms with Crippen LogP contribution >= 0.6 is 27.3 Å². The number of rotatable bonds is 2. The second kappa shape index (κ2) is 4.38. The fraction of sp³-hybridized carbons (Fsp3) is 0.100. The molecule has 0 amide bonds. The van der Waals surface area contributed by atoms with Gasteiger partial charge >= 0.3 is 0 Å². The van der Waals surface area contributed by atoms with Gasteiger partial charge in [-0.1, -0.05) is 15.9 Å². The molecule has 78 valence electrons. The zero-order valence-corrected chi connectivity index (χ0v) is 9.98. The number of aromatic nitrogens is 1. The zero-order chi connectivity index (χ0) is 10.8. The van der Waals surface area contributed by atoms with Gasteiger partial charge in [-0.05, 0) is 18.2 Å². The highest BCUT2D eigenvalue weighted by Crippen LogP contribution is 2.26. The maximum Gasteiger partial charge on any atom is 0.133 e. The molecular weight excluding hydrogens is 281 g/mol. The molecule has 1 aromatic heterocycles. The predicted octanol–water partition coefficient (Wildman–Crippen LogP) is 3.20. The quantitative estimate of drug-likeness (QED) is 0.920. The molecule has 0 aliphatic carbocycles. The number of hydrogen-bond acceptors (Lipinski definition) is 3. The molecule has 1 heterocycles.